The summed E-state index contributed by atoms with van der Waals surface area (Å²) in [6.45, 7) is 0. The molecule has 1 unspecified atom stereocenters. The first-order valence-electron chi connectivity index (χ1n) is 4.75. The molecular weight excluding hydrogens is 187 g/mol. The van der Waals surface area contributed by atoms with Gasteiger partial charge in [-0.1, -0.05) is 19.3 Å². The summed E-state index contributed by atoms with van der Waals surface area (Å²) in [5.74, 6) is 1.61. The molecule has 0 aromatic heterocycles. The molecule has 0 aromatic carbocycles. The molecule has 2 rings (SSSR count). The number of hydrogen-bond donors (Lipinski definition) is 0. The van der Waals surface area contributed by atoms with Crippen LogP contribution in [0.3, 0.4) is 0 Å². The van der Waals surface area contributed by atoms with Gasteiger partial charge in [-0.25, -0.2) is 0 Å². The molecule has 0 radical (unpaired) electrons. The van der Waals surface area contributed by atoms with Crippen LogP contribution in [0.1, 0.15) is 32.1 Å². The normalized spacial score (nSPS) is 37.0. The highest BCUT2D eigenvalue weighted by Gasteiger charge is 2.42. The lowest BCUT2D eigenvalue weighted by Crippen LogP contribution is -2.28. The second-order valence-corrected chi connectivity index (χ2v) is 5.68. The fourth-order valence-corrected chi connectivity index (χ4v) is 3.51. The lowest BCUT2D eigenvalue weighted by atomic mass is 9.85. The Morgan fingerprint density at radius 1 is 1.38 bits per heavy atom. The van der Waals surface area contributed by atoms with Crippen LogP contribution in [0.25, 0.3) is 0 Å². The molecule has 0 N–H and O–H groups in total. The average Bonchev–Trinajstić information content (AvgIpc) is 2.47. The van der Waals surface area contributed by atoms with Crippen LogP contribution in [0.15, 0.2) is 11.9 Å². The van der Waals surface area contributed by atoms with Crippen LogP contribution in [0.5, 0.6) is 0 Å². The van der Waals surface area contributed by atoms with E-state index < -0.39 is 7.60 Å². The van der Waals surface area contributed by atoms with E-state index in [0.717, 1.165) is 25.7 Å². The molecular formula is C9H15O3P. The van der Waals surface area contributed by atoms with Crippen LogP contribution in [0.4, 0.5) is 0 Å². The quantitative estimate of drug-likeness (QED) is 0.613. The van der Waals surface area contributed by atoms with E-state index in [-0.39, 0.29) is 5.60 Å². The Morgan fingerprint density at radius 3 is 2.62 bits per heavy atom. The van der Waals surface area contributed by atoms with Gasteiger partial charge < -0.3 is 4.52 Å². The molecule has 74 valence electrons. The van der Waals surface area contributed by atoms with Crippen molar-refractivity contribution in [2.24, 2.45) is 0 Å². The molecule has 0 saturated heterocycles. The third-order valence-corrected chi connectivity index (χ3v) is 4.47. The maximum absolute atomic E-state index is 11.7. The third kappa shape index (κ3) is 1.74. The minimum Gasteiger partial charge on any atom is -0.309 e. The summed E-state index contributed by atoms with van der Waals surface area (Å²) in [5.41, 5.74) is -0.260. The summed E-state index contributed by atoms with van der Waals surface area (Å²) in [6, 6.07) is 0. The van der Waals surface area contributed by atoms with Gasteiger partial charge in [-0.3, -0.25) is 9.09 Å². The molecule has 3 nitrogen and oxygen atoms in total. The first-order chi connectivity index (χ1) is 6.18. The standard InChI is InChI=1S/C9H15O3P/c1-11-13(10)8-7-9(12-13)5-3-2-4-6-9/h7-8H,2-6H2,1H3. The molecule has 0 bridgehead atoms. The lowest BCUT2D eigenvalue weighted by molar-refractivity contribution is 0.0721. The summed E-state index contributed by atoms with van der Waals surface area (Å²) in [6.07, 6.45) is 7.49. The molecule has 1 spiro atoms. The van der Waals surface area contributed by atoms with E-state index >= 15 is 0 Å². The Bertz CT molecular complexity index is 266. The van der Waals surface area contributed by atoms with Gasteiger partial charge in [0.05, 0.1) is 5.60 Å². The fourth-order valence-electron chi connectivity index (χ4n) is 2.05. The zero-order valence-electron chi connectivity index (χ0n) is 7.86. The number of rotatable bonds is 1. The minimum atomic E-state index is -2.87. The topological polar surface area (TPSA) is 35.5 Å². The van der Waals surface area contributed by atoms with Gasteiger partial charge in [-0.05, 0) is 18.9 Å². The molecule has 2 aliphatic rings. The zero-order valence-corrected chi connectivity index (χ0v) is 8.76. The summed E-state index contributed by atoms with van der Waals surface area (Å²) in [4.78, 5) is 0. The highest BCUT2D eigenvalue weighted by Crippen LogP contribution is 2.60. The van der Waals surface area contributed by atoms with Gasteiger partial charge in [0.1, 0.15) is 0 Å². The monoisotopic (exact) mass is 202 g/mol. The highest BCUT2D eigenvalue weighted by molar-refractivity contribution is 7.57. The van der Waals surface area contributed by atoms with Crippen LogP contribution in [0.2, 0.25) is 0 Å². The fraction of sp³-hybridized carbons (Fsp3) is 0.778. The SMILES string of the molecule is COP1(=O)C=CC2(CCCCC2)O1. The lowest BCUT2D eigenvalue weighted by Gasteiger charge is -2.31. The molecule has 4 heteroatoms. The molecule has 0 amide bonds. The summed E-state index contributed by atoms with van der Waals surface area (Å²) < 4.78 is 22.1. The first kappa shape index (κ1) is 9.45. The van der Waals surface area contributed by atoms with Crippen molar-refractivity contribution in [3.63, 3.8) is 0 Å². The maximum atomic E-state index is 11.7. The van der Waals surface area contributed by atoms with E-state index in [0.29, 0.717) is 0 Å². The molecule has 1 saturated carbocycles. The maximum Gasteiger partial charge on any atom is 0.354 e. The van der Waals surface area contributed by atoms with Gasteiger partial charge >= 0.3 is 7.60 Å². The van der Waals surface area contributed by atoms with Gasteiger partial charge in [-0.2, -0.15) is 0 Å². The van der Waals surface area contributed by atoms with Crippen molar-refractivity contribution in [2.75, 3.05) is 7.11 Å². The van der Waals surface area contributed by atoms with Gasteiger partial charge in [-0.15, -0.1) is 0 Å². The van der Waals surface area contributed by atoms with Gasteiger partial charge in [0, 0.05) is 12.9 Å². The van der Waals surface area contributed by atoms with Crippen LogP contribution >= 0.6 is 7.60 Å². The molecule has 1 atom stereocenters. The highest BCUT2D eigenvalue weighted by atomic mass is 31.2. The Hall–Kier alpha value is -0.110. The molecule has 0 aromatic rings. The van der Waals surface area contributed by atoms with Crippen LogP contribution in [-0.4, -0.2) is 12.7 Å². The van der Waals surface area contributed by atoms with E-state index in [4.69, 9.17) is 9.05 Å². The summed E-state index contributed by atoms with van der Waals surface area (Å²) in [7, 11) is -1.43. The van der Waals surface area contributed by atoms with Crippen molar-refractivity contribution in [3.05, 3.63) is 11.9 Å². The van der Waals surface area contributed by atoms with E-state index in [1.165, 1.54) is 13.5 Å². The van der Waals surface area contributed by atoms with Crippen molar-refractivity contribution in [2.45, 2.75) is 37.7 Å². The molecule has 1 aliphatic heterocycles. The Kier molecular flexibility index (Phi) is 2.35. The van der Waals surface area contributed by atoms with Crippen LogP contribution in [0, 0.1) is 0 Å². The van der Waals surface area contributed by atoms with Crippen molar-refractivity contribution < 1.29 is 13.6 Å². The average molecular weight is 202 g/mol. The predicted molar refractivity (Wildman–Crippen MR) is 50.7 cm³/mol. The molecule has 13 heavy (non-hydrogen) atoms. The Labute approximate surface area is 78.6 Å². The van der Waals surface area contributed by atoms with E-state index in [1.807, 2.05) is 6.08 Å². The first-order valence-corrected chi connectivity index (χ1v) is 6.36. The number of hydrogen-bond acceptors (Lipinski definition) is 3. The van der Waals surface area contributed by atoms with Crippen molar-refractivity contribution in [1.82, 2.24) is 0 Å². The second-order valence-electron chi connectivity index (χ2n) is 3.75. The predicted octanol–water partition coefficient (Wildman–Crippen LogP) is 3.07. The van der Waals surface area contributed by atoms with Crippen molar-refractivity contribution in [1.29, 1.82) is 0 Å². The van der Waals surface area contributed by atoms with E-state index in [9.17, 15) is 4.57 Å². The minimum absolute atomic E-state index is 0.260. The molecule has 1 heterocycles. The van der Waals surface area contributed by atoms with Gasteiger partial charge in [0.2, 0.25) is 0 Å². The zero-order chi connectivity index (χ0) is 9.36. The van der Waals surface area contributed by atoms with Crippen molar-refractivity contribution in [3.8, 4) is 0 Å². The van der Waals surface area contributed by atoms with Gasteiger partial charge in [0.25, 0.3) is 0 Å². The van der Waals surface area contributed by atoms with E-state index in [1.54, 1.807) is 5.82 Å². The molecule has 1 aliphatic carbocycles. The summed E-state index contributed by atoms with van der Waals surface area (Å²) >= 11 is 0. The second kappa shape index (κ2) is 3.23. The van der Waals surface area contributed by atoms with Crippen LogP contribution in [-0.2, 0) is 13.6 Å². The van der Waals surface area contributed by atoms with Crippen LogP contribution < -0.4 is 0 Å². The summed E-state index contributed by atoms with van der Waals surface area (Å²) in [5, 5.41) is 0. The molecule has 1 fully saturated rings. The third-order valence-electron chi connectivity index (χ3n) is 2.82. The Balaban J connectivity index is 2.12. The van der Waals surface area contributed by atoms with Gasteiger partial charge in [0.15, 0.2) is 0 Å². The Morgan fingerprint density at radius 2 is 2.08 bits per heavy atom. The van der Waals surface area contributed by atoms with E-state index in [2.05, 4.69) is 0 Å². The smallest absolute Gasteiger partial charge is 0.309 e. The van der Waals surface area contributed by atoms with Crippen molar-refractivity contribution >= 4 is 7.60 Å². The largest absolute Gasteiger partial charge is 0.354 e.